The van der Waals surface area contributed by atoms with Gasteiger partial charge in [-0.2, -0.15) is 0 Å². The number of esters is 1. The number of aliphatic carboxylic acids is 1. The van der Waals surface area contributed by atoms with Crippen LogP contribution < -0.4 is 0 Å². The molecule has 1 aliphatic carbocycles. The molecule has 0 aliphatic heterocycles. The van der Waals surface area contributed by atoms with E-state index in [1.165, 1.54) is 56.9 Å². The average molecular weight is 427 g/mol. The summed E-state index contributed by atoms with van der Waals surface area (Å²) in [7, 11) is 0. The topological polar surface area (TPSA) is 63.6 Å². The number of ether oxygens (including phenoxy) is 1. The van der Waals surface area contributed by atoms with E-state index >= 15 is 0 Å². The molecule has 1 fully saturated rings. The van der Waals surface area contributed by atoms with E-state index in [0.717, 1.165) is 11.5 Å². The molecule has 2 rings (SSSR count). The molecule has 0 aromatic heterocycles. The summed E-state index contributed by atoms with van der Waals surface area (Å²) < 4.78 is 5.04. The van der Waals surface area contributed by atoms with Crippen LogP contribution in [0.5, 0.6) is 0 Å². The van der Waals surface area contributed by atoms with Crippen molar-refractivity contribution in [3.05, 3.63) is 53.1 Å². The Morgan fingerprint density at radius 1 is 1.10 bits per heavy atom. The van der Waals surface area contributed by atoms with Crippen molar-refractivity contribution in [1.82, 2.24) is 0 Å². The summed E-state index contributed by atoms with van der Waals surface area (Å²) in [6.45, 7) is 7.57. The first kappa shape index (κ1) is 24.9. The van der Waals surface area contributed by atoms with Gasteiger partial charge in [0.2, 0.25) is 0 Å². The van der Waals surface area contributed by atoms with Crippen molar-refractivity contribution in [3.63, 3.8) is 0 Å². The molecular weight excluding hydrogens is 388 g/mol. The van der Waals surface area contributed by atoms with Crippen molar-refractivity contribution in [3.8, 4) is 0 Å². The Morgan fingerprint density at radius 2 is 1.77 bits per heavy atom. The highest BCUT2D eigenvalue weighted by Gasteiger charge is 2.22. The first-order valence-corrected chi connectivity index (χ1v) is 11.8. The Morgan fingerprint density at radius 3 is 2.35 bits per heavy atom. The maximum absolute atomic E-state index is 11.6. The van der Waals surface area contributed by atoms with E-state index in [1.807, 2.05) is 12.1 Å². The third-order valence-corrected chi connectivity index (χ3v) is 6.26. The second kappa shape index (κ2) is 13.1. The van der Waals surface area contributed by atoms with Gasteiger partial charge in [0.05, 0.1) is 6.61 Å². The number of unbranched alkanes of at least 4 members (excludes halogenated alkanes) is 2. The summed E-state index contributed by atoms with van der Waals surface area (Å²) >= 11 is 0. The zero-order valence-corrected chi connectivity index (χ0v) is 19.2. The molecule has 0 heterocycles. The maximum Gasteiger partial charge on any atom is 0.333 e. The molecule has 170 valence electrons. The van der Waals surface area contributed by atoms with Crippen molar-refractivity contribution in [2.24, 2.45) is 5.92 Å². The summed E-state index contributed by atoms with van der Waals surface area (Å²) in [4.78, 5) is 23.0. The molecule has 1 aromatic carbocycles. The van der Waals surface area contributed by atoms with Crippen molar-refractivity contribution in [1.29, 1.82) is 0 Å². The van der Waals surface area contributed by atoms with Crippen LogP contribution >= 0.6 is 0 Å². The monoisotopic (exact) mass is 426 g/mol. The number of carboxylic acids is 1. The van der Waals surface area contributed by atoms with Crippen LogP contribution in [-0.4, -0.2) is 23.7 Å². The van der Waals surface area contributed by atoms with Crippen LogP contribution in [0.4, 0.5) is 0 Å². The highest BCUT2D eigenvalue weighted by molar-refractivity contribution is 5.92. The van der Waals surface area contributed by atoms with Gasteiger partial charge in [-0.15, -0.1) is 0 Å². The molecule has 0 saturated heterocycles. The lowest BCUT2D eigenvalue weighted by Gasteiger charge is -2.29. The minimum Gasteiger partial charge on any atom is -0.478 e. The lowest BCUT2D eigenvalue weighted by molar-refractivity contribution is -0.139. The standard InChI is InChI=1S/C27H38O4/c1-4-5-6-8-21-10-14-23(15-11-21)24-16-12-22(13-17-24)19-25(26(28)29)9-7-18-31-27(30)20(2)3/h12-13,16-17,19,21,23H,2,4-11,14-15,18H2,1,3H3,(H,28,29). The van der Waals surface area contributed by atoms with Crippen molar-refractivity contribution >= 4 is 18.0 Å². The third kappa shape index (κ3) is 8.72. The van der Waals surface area contributed by atoms with Gasteiger partial charge in [-0.05, 0) is 74.5 Å². The van der Waals surface area contributed by atoms with Gasteiger partial charge in [-0.1, -0.05) is 63.5 Å². The lowest BCUT2D eigenvalue weighted by Crippen LogP contribution is -2.13. The van der Waals surface area contributed by atoms with E-state index < -0.39 is 11.9 Å². The van der Waals surface area contributed by atoms with Crippen molar-refractivity contribution < 1.29 is 19.4 Å². The fraction of sp³-hybridized carbons (Fsp3) is 0.556. The summed E-state index contributed by atoms with van der Waals surface area (Å²) in [6, 6.07) is 8.35. The van der Waals surface area contributed by atoms with Crippen LogP contribution in [0.15, 0.2) is 42.0 Å². The second-order valence-corrected chi connectivity index (χ2v) is 8.87. The maximum atomic E-state index is 11.6. The Bertz CT molecular complexity index is 752. The number of carbonyl (C=O) groups excluding carboxylic acids is 1. The van der Waals surface area contributed by atoms with Crippen LogP contribution in [0.1, 0.15) is 95.1 Å². The summed E-state index contributed by atoms with van der Waals surface area (Å²) in [6.07, 6.45) is 13.1. The van der Waals surface area contributed by atoms with E-state index in [2.05, 4.69) is 25.6 Å². The predicted octanol–water partition coefficient (Wildman–Crippen LogP) is 6.91. The number of carboxylic acid groups (broad SMARTS) is 1. The number of carbonyl (C=O) groups is 2. The van der Waals surface area contributed by atoms with Gasteiger partial charge in [0.1, 0.15) is 0 Å². The first-order chi connectivity index (χ1) is 14.9. The zero-order chi connectivity index (χ0) is 22.6. The second-order valence-electron chi connectivity index (χ2n) is 8.87. The number of rotatable bonds is 12. The molecule has 0 unspecified atom stereocenters. The summed E-state index contributed by atoms with van der Waals surface area (Å²) in [5.41, 5.74) is 2.94. The molecule has 1 aromatic rings. The molecule has 1 aliphatic rings. The molecule has 0 atom stereocenters. The Balaban J connectivity index is 1.86. The van der Waals surface area contributed by atoms with E-state index in [1.54, 1.807) is 13.0 Å². The molecule has 4 heteroatoms. The predicted molar refractivity (Wildman–Crippen MR) is 126 cm³/mol. The van der Waals surface area contributed by atoms with Gasteiger partial charge in [0.15, 0.2) is 0 Å². The van der Waals surface area contributed by atoms with Crippen LogP contribution in [-0.2, 0) is 14.3 Å². The minimum absolute atomic E-state index is 0.191. The molecule has 31 heavy (non-hydrogen) atoms. The molecule has 1 N–H and O–H groups in total. The minimum atomic E-state index is -0.934. The zero-order valence-electron chi connectivity index (χ0n) is 19.2. The van der Waals surface area contributed by atoms with Gasteiger partial charge in [-0.25, -0.2) is 9.59 Å². The fourth-order valence-electron chi connectivity index (χ4n) is 4.32. The van der Waals surface area contributed by atoms with E-state index in [4.69, 9.17) is 4.74 Å². The SMILES string of the molecule is C=C(C)C(=O)OCCCC(=Cc1ccc(C2CCC(CCCCC)CC2)cc1)C(=O)O. The highest BCUT2D eigenvalue weighted by atomic mass is 16.5. The number of hydrogen-bond donors (Lipinski definition) is 1. The third-order valence-electron chi connectivity index (χ3n) is 6.26. The van der Waals surface area contributed by atoms with Gasteiger partial charge in [0, 0.05) is 11.1 Å². The smallest absolute Gasteiger partial charge is 0.333 e. The molecule has 1 saturated carbocycles. The molecule has 0 bridgehead atoms. The first-order valence-electron chi connectivity index (χ1n) is 11.8. The molecular formula is C27H38O4. The fourth-order valence-corrected chi connectivity index (χ4v) is 4.32. The van der Waals surface area contributed by atoms with Crippen molar-refractivity contribution in [2.45, 2.75) is 84.0 Å². The molecule has 0 radical (unpaired) electrons. The summed E-state index contributed by atoms with van der Waals surface area (Å²) in [5, 5.41) is 9.50. The van der Waals surface area contributed by atoms with E-state index in [-0.39, 0.29) is 6.61 Å². The normalized spacial score (nSPS) is 19.1. The van der Waals surface area contributed by atoms with E-state index in [9.17, 15) is 14.7 Å². The molecule has 0 spiro atoms. The van der Waals surface area contributed by atoms with Crippen molar-refractivity contribution in [2.75, 3.05) is 6.61 Å². The largest absolute Gasteiger partial charge is 0.478 e. The Labute approximate surface area is 187 Å². The Kier molecular flexibility index (Phi) is 10.6. The van der Waals surface area contributed by atoms with Gasteiger partial charge < -0.3 is 9.84 Å². The van der Waals surface area contributed by atoms with Crippen LogP contribution in [0.2, 0.25) is 0 Å². The molecule has 0 amide bonds. The van der Waals surface area contributed by atoms with Gasteiger partial charge in [-0.3, -0.25) is 0 Å². The quantitative estimate of drug-likeness (QED) is 0.224. The van der Waals surface area contributed by atoms with Crippen LogP contribution in [0.25, 0.3) is 6.08 Å². The Hall–Kier alpha value is -2.36. The highest BCUT2D eigenvalue weighted by Crippen LogP contribution is 2.37. The summed E-state index contributed by atoms with van der Waals surface area (Å²) in [5.74, 6) is 0.156. The van der Waals surface area contributed by atoms with Gasteiger partial charge >= 0.3 is 11.9 Å². The lowest BCUT2D eigenvalue weighted by atomic mass is 9.77. The number of benzene rings is 1. The molecule has 4 nitrogen and oxygen atoms in total. The average Bonchev–Trinajstić information content (AvgIpc) is 2.76. The van der Waals surface area contributed by atoms with Crippen LogP contribution in [0.3, 0.4) is 0 Å². The van der Waals surface area contributed by atoms with Crippen LogP contribution in [0, 0.1) is 5.92 Å². The van der Waals surface area contributed by atoms with E-state index in [0.29, 0.717) is 29.9 Å². The number of hydrogen-bond acceptors (Lipinski definition) is 3. The van der Waals surface area contributed by atoms with Gasteiger partial charge in [0.25, 0.3) is 0 Å².